The highest BCUT2D eigenvalue weighted by Gasteiger charge is 2.25. The molecular formula is C19H18BrNO6S. The van der Waals surface area contributed by atoms with Gasteiger partial charge in [0, 0.05) is 16.6 Å². The van der Waals surface area contributed by atoms with E-state index in [1.807, 2.05) is 0 Å². The molecule has 1 N–H and O–H groups in total. The molecule has 3 rings (SSSR count). The zero-order valence-corrected chi connectivity index (χ0v) is 17.4. The fraction of sp³-hybridized carbons (Fsp3) is 0.263. The van der Waals surface area contributed by atoms with Crippen LogP contribution < -0.4 is 4.31 Å². The van der Waals surface area contributed by atoms with Gasteiger partial charge in [-0.3, -0.25) is 9.10 Å². The molecule has 2 aromatic carbocycles. The van der Waals surface area contributed by atoms with E-state index >= 15 is 0 Å². The molecule has 1 aliphatic rings. The van der Waals surface area contributed by atoms with Crippen molar-refractivity contribution in [2.75, 3.05) is 23.7 Å². The molecule has 2 aromatic rings. The van der Waals surface area contributed by atoms with Crippen LogP contribution >= 0.6 is 15.9 Å². The number of aryl methyl sites for hydroxylation is 1. The number of rotatable bonds is 5. The number of sulfonamides is 1. The number of fused-ring (bicyclic) bond motifs is 1. The molecule has 1 heterocycles. The highest BCUT2D eigenvalue weighted by molar-refractivity contribution is 9.10. The molecular weight excluding hydrogens is 450 g/mol. The number of carbonyl (C=O) groups excluding carboxylic acids is 2. The summed E-state index contributed by atoms with van der Waals surface area (Å²) < 4.78 is 30.8. The maximum atomic E-state index is 12.4. The first-order valence-electron chi connectivity index (χ1n) is 8.46. The van der Waals surface area contributed by atoms with Gasteiger partial charge in [-0.05, 0) is 54.8 Å². The molecule has 0 aromatic heterocycles. The van der Waals surface area contributed by atoms with Crippen LogP contribution in [-0.2, 0) is 21.2 Å². The first-order valence-corrected chi connectivity index (χ1v) is 11.1. The van der Waals surface area contributed by atoms with Crippen LogP contribution in [0.4, 0.5) is 5.69 Å². The van der Waals surface area contributed by atoms with Gasteiger partial charge in [-0.15, -0.1) is 0 Å². The fourth-order valence-electron chi connectivity index (χ4n) is 3.04. The molecule has 1 aliphatic heterocycles. The number of ether oxygens (including phenoxy) is 1. The summed E-state index contributed by atoms with van der Waals surface area (Å²) in [5.74, 6) is -1.47. The molecule has 0 saturated heterocycles. The third-order valence-corrected chi connectivity index (χ3v) is 6.06. The van der Waals surface area contributed by atoms with Crippen LogP contribution in [0.1, 0.15) is 32.7 Å². The highest BCUT2D eigenvalue weighted by Crippen LogP contribution is 2.30. The van der Waals surface area contributed by atoms with E-state index in [1.54, 1.807) is 18.2 Å². The number of hydrogen-bond acceptors (Lipinski definition) is 6. The number of Topliss-reactive ketones (excluding diaryl/α,β-unsaturated/α-hetero) is 1. The van der Waals surface area contributed by atoms with Crippen LogP contribution in [0.5, 0.6) is 5.75 Å². The summed E-state index contributed by atoms with van der Waals surface area (Å²) in [5, 5.41) is 9.75. The molecule has 0 amide bonds. The van der Waals surface area contributed by atoms with Crippen LogP contribution in [-0.4, -0.2) is 44.7 Å². The molecule has 0 radical (unpaired) electrons. The lowest BCUT2D eigenvalue weighted by molar-refractivity contribution is 0.0471. The quantitative estimate of drug-likeness (QED) is 0.535. The average molecular weight is 468 g/mol. The normalized spacial score (nSPS) is 13.7. The first-order chi connectivity index (χ1) is 13.2. The first kappa shape index (κ1) is 20.3. The Bertz CT molecular complexity index is 1050. The minimum Gasteiger partial charge on any atom is -0.507 e. The number of anilines is 1. The molecule has 9 heteroatoms. The Labute approximate surface area is 171 Å². The molecule has 0 unspecified atom stereocenters. The molecule has 0 bridgehead atoms. The third-order valence-electron chi connectivity index (χ3n) is 4.39. The second-order valence-corrected chi connectivity index (χ2v) is 9.27. The summed E-state index contributed by atoms with van der Waals surface area (Å²) in [4.78, 5) is 24.5. The fourth-order valence-corrected chi connectivity index (χ4v) is 4.40. The van der Waals surface area contributed by atoms with Crippen molar-refractivity contribution >= 4 is 43.4 Å². The number of aromatic hydroxyl groups is 1. The summed E-state index contributed by atoms with van der Waals surface area (Å²) in [6.07, 6.45) is 2.47. The Kier molecular flexibility index (Phi) is 5.76. The van der Waals surface area contributed by atoms with Crippen molar-refractivity contribution in [1.82, 2.24) is 0 Å². The molecule has 0 fully saturated rings. The topological polar surface area (TPSA) is 101 Å². The summed E-state index contributed by atoms with van der Waals surface area (Å²) in [7, 11) is -3.38. The van der Waals surface area contributed by atoms with E-state index in [9.17, 15) is 23.1 Å². The van der Waals surface area contributed by atoms with Crippen molar-refractivity contribution < 1.29 is 27.9 Å². The predicted molar refractivity (Wildman–Crippen MR) is 107 cm³/mol. The van der Waals surface area contributed by atoms with Crippen LogP contribution in [0.25, 0.3) is 0 Å². The van der Waals surface area contributed by atoms with Crippen LogP contribution in [0, 0.1) is 0 Å². The number of benzene rings is 2. The van der Waals surface area contributed by atoms with Gasteiger partial charge in [-0.2, -0.15) is 0 Å². The monoisotopic (exact) mass is 467 g/mol. The van der Waals surface area contributed by atoms with Crippen molar-refractivity contribution in [3.63, 3.8) is 0 Å². The maximum Gasteiger partial charge on any atom is 0.342 e. The van der Waals surface area contributed by atoms with Crippen molar-refractivity contribution in [3.8, 4) is 5.75 Å². The SMILES string of the molecule is CS(=O)(=O)N1CCCc2cc(C(=O)COC(=O)c3cc(Br)ccc3O)ccc21. The number of halogens is 1. The molecule has 7 nitrogen and oxygen atoms in total. The number of carbonyl (C=O) groups is 2. The number of hydrogen-bond donors (Lipinski definition) is 1. The standard InChI is InChI=1S/C19H18BrNO6S/c1-28(25,26)21-8-2-3-12-9-13(4-6-16(12)21)18(23)11-27-19(24)15-10-14(20)5-7-17(15)22/h4-7,9-10,22H,2-3,8,11H2,1H3. The van der Waals surface area contributed by atoms with Gasteiger partial charge in [0.1, 0.15) is 11.3 Å². The van der Waals surface area contributed by atoms with E-state index in [1.165, 1.54) is 22.5 Å². The zero-order valence-electron chi connectivity index (χ0n) is 15.0. The van der Waals surface area contributed by atoms with E-state index < -0.39 is 28.4 Å². The van der Waals surface area contributed by atoms with Gasteiger partial charge in [-0.1, -0.05) is 15.9 Å². The highest BCUT2D eigenvalue weighted by atomic mass is 79.9. The molecule has 0 saturated carbocycles. The summed E-state index contributed by atoms with van der Waals surface area (Å²) in [6.45, 7) is -0.0772. The number of esters is 1. The molecule has 0 spiro atoms. The van der Waals surface area contributed by atoms with E-state index in [0.717, 1.165) is 11.8 Å². The second kappa shape index (κ2) is 7.92. The largest absolute Gasteiger partial charge is 0.507 e. The zero-order chi connectivity index (χ0) is 20.5. The van der Waals surface area contributed by atoms with Gasteiger partial charge >= 0.3 is 5.97 Å². The molecule has 28 heavy (non-hydrogen) atoms. The van der Waals surface area contributed by atoms with Gasteiger partial charge in [0.2, 0.25) is 10.0 Å². The van der Waals surface area contributed by atoms with Gasteiger partial charge in [0.05, 0.1) is 11.9 Å². The van der Waals surface area contributed by atoms with Gasteiger partial charge in [-0.25, -0.2) is 13.2 Å². The molecule has 148 valence electrons. The number of nitrogens with zero attached hydrogens (tertiary/aromatic N) is 1. The van der Waals surface area contributed by atoms with Crippen molar-refractivity contribution in [2.24, 2.45) is 0 Å². The Morgan fingerprint density at radius 1 is 1.21 bits per heavy atom. The van der Waals surface area contributed by atoms with E-state index in [4.69, 9.17) is 4.74 Å². The minimum absolute atomic E-state index is 0.0450. The van der Waals surface area contributed by atoms with E-state index in [-0.39, 0.29) is 11.3 Å². The van der Waals surface area contributed by atoms with Crippen LogP contribution in [0.3, 0.4) is 0 Å². The second-order valence-electron chi connectivity index (χ2n) is 6.44. The minimum atomic E-state index is -3.38. The Morgan fingerprint density at radius 3 is 2.68 bits per heavy atom. The smallest absolute Gasteiger partial charge is 0.342 e. The van der Waals surface area contributed by atoms with Crippen LogP contribution in [0.2, 0.25) is 0 Å². The lowest BCUT2D eigenvalue weighted by atomic mass is 9.99. The molecule has 0 atom stereocenters. The predicted octanol–water partition coefficient (Wildman–Crippen LogP) is 2.91. The lowest BCUT2D eigenvalue weighted by Gasteiger charge is -2.29. The summed E-state index contributed by atoms with van der Waals surface area (Å²) in [6, 6.07) is 9.09. The Hall–Kier alpha value is -2.39. The van der Waals surface area contributed by atoms with Crippen molar-refractivity contribution in [2.45, 2.75) is 12.8 Å². The van der Waals surface area contributed by atoms with E-state index in [0.29, 0.717) is 35.1 Å². The average Bonchev–Trinajstić information content (AvgIpc) is 2.66. The Morgan fingerprint density at radius 2 is 1.96 bits per heavy atom. The lowest BCUT2D eigenvalue weighted by Crippen LogP contribution is -2.34. The Balaban J connectivity index is 1.73. The van der Waals surface area contributed by atoms with Gasteiger partial charge in [0.25, 0.3) is 0 Å². The number of phenols is 1. The van der Waals surface area contributed by atoms with Crippen molar-refractivity contribution in [1.29, 1.82) is 0 Å². The number of phenolic OH excluding ortho intramolecular Hbond substituents is 1. The van der Waals surface area contributed by atoms with Crippen LogP contribution in [0.15, 0.2) is 40.9 Å². The van der Waals surface area contributed by atoms with Gasteiger partial charge < -0.3 is 9.84 Å². The third kappa shape index (κ3) is 4.36. The van der Waals surface area contributed by atoms with E-state index in [2.05, 4.69) is 15.9 Å². The number of ketones is 1. The van der Waals surface area contributed by atoms with Gasteiger partial charge in [0.15, 0.2) is 12.4 Å². The maximum absolute atomic E-state index is 12.4. The van der Waals surface area contributed by atoms with Crippen molar-refractivity contribution in [3.05, 3.63) is 57.6 Å². The molecule has 0 aliphatic carbocycles. The summed E-state index contributed by atoms with van der Waals surface area (Å²) in [5.41, 5.74) is 1.62. The summed E-state index contributed by atoms with van der Waals surface area (Å²) >= 11 is 3.20.